The fourth-order valence-electron chi connectivity index (χ4n) is 5.35. The molecular weight excluding hydrogens is 540 g/mol. The number of fused-ring (bicyclic) bond motifs is 1. The molecule has 3 atom stereocenters. The van der Waals surface area contributed by atoms with E-state index in [9.17, 15) is 19.6 Å². The van der Waals surface area contributed by atoms with Crippen LogP contribution in [0.5, 0.6) is 0 Å². The Bertz CT molecular complexity index is 1560. The molecule has 1 unspecified atom stereocenters. The molecule has 2 saturated heterocycles. The molecule has 2 aromatic carbocycles. The minimum absolute atomic E-state index is 0.00863. The van der Waals surface area contributed by atoms with Crippen molar-refractivity contribution in [1.82, 2.24) is 14.8 Å². The van der Waals surface area contributed by atoms with Crippen LogP contribution >= 0.6 is 0 Å². The first kappa shape index (κ1) is 29.4. The van der Waals surface area contributed by atoms with Gasteiger partial charge in [-0.15, -0.1) is 0 Å². The first-order chi connectivity index (χ1) is 19.9. The van der Waals surface area contributed by atoms with E-state index in [2.05, 4.69) is 11.4 Å². The third-order valence-electron chi connectivity index (χ3n) is 7.53. The van der Waals surface area contributed by atoms with E-state index >= 15 is 0 Å². The van der Waals surface area contributed by atoms with Gasteiger partial charge >= 0.3 is 11.8 Å². The minimum Gasteiger partial charge on any atom is -0.444 e. The van der Waals surface area contributed by atoms with E-state index in [1.807, 2.05) is 36.4 Å². The smallest absolute Gasteiger partial charge is 0.419 e. The zero-order valence-corrected chi connectivity index (χ0v) is 24.3. The van der Waals surface area contributed by atoms with Gasteiger partial charge in [0.2, 0.25) is 0 Å². The van der Waals surface area contributed by atoms with Crippen LogP contribution in [-0.4, -0.2) is 71.1 Å². The van der Waals surface area contributed by atoms with E-state index < -0.39 is 41.1 Å². The van der Waals surface area contributed by atoms with Gasteiger partial charge in [0.1, 0.15) is 17.2 Å². The normalized spacial score (nSPS) is 21.6. The van der Waals surface area contributed by atoms with Crippen molar-refractivity contribution in [3.8, 4) is 17.2 Å². The van der Waals surface area contributed by atoms with Gasteiger partial charge in [0.05, 0.1) is 31.3 Å². The van der Waals surface area contributed by atoms with Crippen molar-refractivity contribution >= 4 is 23.1 Å². The number of hydrogen-bond acceptors (Lipinski definition) is 8. The Kier molecular flexibility index (Phi) is 8.12. The van der Waals surface area contributed by atoms with Gasteiger partial charge in [0.15, 0.2) is 11.7 Å². The largest absolute Gasteiger partial charge is 0.444 e. The second-order valence-electron chi connectivity index (χ2n) is 12.0. The highest BCUT2D eigenvalue weighted by Gasteiger charge is 2.44. The molecule has 11 heteroatoms. The lowest BCUT2D eigenvalue weighted by Crippen LogP contribution is -2.50. The number of benzene rings is 2. The van der Waals surface area contributed by atoms with Crippen LogP contribution in [0.3, 0.4) is 0 Å². The molecule has 1 aromatic heterocycles. The van der Waals surface area contributed by atoms with Crippen molar-refractivity contribution in [2.24, 2.45) is 7.05 Å². The first-order valence-electron chi connectivity index (χ1n) is 14.1. The van der Waals surface area contributed by atoms with E-state index in [-0.39, 0.29) is 26.1 Å². The monoisotopic (exact) mass is 576 g/mol. The lowest BCUT2D eigenvalue weighted by Gasteiger charge is -2.32. The van der Waals surface area contributed by atoms with Gasteiger partial charge in [0, 0.05) is 20.1 Å². The van der Waals surface area contributed by atoms with Gasteiger partial charge < -0.3 is 28.8 Å². The Labute approximate surface area is 243 Å². The van der Waals surface area contributed by atoms with Gasteiger partial charge in [-0.1, -0.05) is 30.3 Å². The van der Waals surface area contributed by atoms with Gasteiger partial charge in [-0.25, -0.2) is 9.59 Å². The van der Waals surface area contributed by atoms with Crippen LogP contribution in [-0.2, 0) is 32.5 Å². The highest BCUT2D eigenvalue weighted by atomic mass is 16.6. The Morgan fingerprint density at radius 1 is 1.19 bits per heavy atom. The topological polar surface area (TPSA) is 136 Å². The molecule has 2 amide bonds. The molecule has 42 heavy (non-hydrogen) atoms. The summed E-state index contributed by atoms with van der Waals surface area (Å²) < 4.78 is 24.2. The Hall–Kier alpha value is -4.14. The quantitative estimate of drug-likeness (QED) is 0.487. The summed E-state index contributed by atoms with van der Waals surface area (Å²) in [6.45, 7) is 6.36. The summed E-state index contributed by atoms with van der Waals surface area (Å²) in [6.07, 6.45) is 0.327. The third kappa shape index (κ3) is 6.50. The van der Waals surface area contributed by atoms with E-state index in [0.29, 0.717) is 24.1 Å². The van der Waals surface area contributed by atoms with Crippen molar-refractivity contribution in [1.29, 1.82) is 5.26 Å². The molecular formula is C31H36N4O7. The van der Waals surface area contributed by atoms with Crippen molar-refractivity contribution in [2.75, 3.05) is 26.3 Å². The molecule has 2 aliphatic rings. The van der Waals surface area contributed by atoms with Crippen LogP contribution in [0.4, 0.5) is 4.79 Å². The average molecular weight is 577 g/mol. The number of rotatable bonds is 5. The minimum atomic E-state index is -0.979. The molecule has 0 radical (unpaired) electrons. The maximum Gasteiger partial charge on any atom is 0.419 e. The summed E-state index contributed by atoms with van der Waals surface area (Å²) in [5, 5.41) is 12.6. The number of carbonyl (C=O) groups excluding carboxylic acids is 2. The summed E-state index contributed by atoms with van der Waals surface area (Å²) >= 11 is 0. The fourth-order valence-corrected chi connectivity index (χ4v) is 5.35. The molecule has 3 aromatic rings. The number of oxazole rings is 1. The van der Waals surface area contributed by atoms with Crippen LogP contribution in [0.15, 0.2) is 51.7 Å². The molecule has 2 aliphatic heterocycles. The van der Waals surface area contributed by atoms with Gasteiger partial charge in [-0.3, -0.25) is 9.36 Å². The van der Waals surface area contributed by atoms with Crippen molar-refractivity contribution in [3.63, 3.8) is 0 Å². The Morgan fingerprint density at radius 2 is 1.93 bits per heavy atom. The number of ether oxygens (including phenoxy) is 3. The average Bonchev–Trinajstić information content (AvgIpc) is 3.45. The summed E-state index contributed by atoms with van der Waals surface area (Å²) in [5.41, 5.74) is 2.55. The summed E-state index contributed by atoms with van der Waals surface area (Å²) in [6, 6.07) is 14.6. The van der Waals surface area contributed by atoms with E-state index in [1.165, 1.54) is 9.47 Å². The van der Waals surface area contributed by atoms with E-state index in [0.717, 1.165) is 23.1 Å². The molecule has 11 nitrogen and oxygen atoms in total. The second kappa shape index (κ2) is 11.6. The maximum absolute atomic E-state index is 13.3. The number of nitrogens with one attached hydrogen (secondary N) is 1. The highest BCUT2D eigenvalue weighted by Crippen LogP contribution is 2.31. The number of aromatic nitrogens is 1. The predicted octanol–water partition coefficient (Wildman–Crippen LogP) is 3.53. The number of nitriles is 1. The Morgan fingerprint density at radius 3 is 2.60 bits per heavy atom. The number of amides is 2. The van der Waals surface area contributed by atoms with Gasteiger partial charge in [0.25, 0.3) is 5.91 Å². The molecule has 1 N–H and O–H groups in total. The van der Waals surface area contributed by atoms with E-state index in [4.69, 9.17) is 18.6 Å². The SMILES string of the molecule is Cn1c(=O)oc2ccc(-c3ccc(C[C@@H](C#N)NC(=O)[C@@H]4CN(C(=O)OC(C)(C)C)CC5(CCCO5)CO4)cc3)cc21. The molecule has 3 heterocycles. The number of carbonyl (C=O) groups is 2. The molecule has 0 bridgehead atoms. The van der Waals surface area contributed by atoms with Crippen LogP contribution in [0.25, 0.3) is 22.2 Å². The molecule has 2 fully saturated rings. The second-order valence-corrected chi connectivity index (χ2v) is 12.0. The van der Waals surface area contributed by atoms with Crippen LogP contribution in [0.2, 0.25) is 0 Å². The zero-order chi connectivity index (χ0) is 30.1. The van der Waals surface area contributed by atoms with Crippen molar-refractivity contribution < 1.29 is 28.2 Å². The molecule has 0 saturated carbocycles. The summed E-state index contributed by atoms with van der Waals surface area (Å²) in [4.78, 5) is 39.6. The third-order valence-corrected chi connectivity index (χ3v) is 7.53. The van der Waals surface area contributed by atoms with Crippen molar-refractivity contribution in [2.45, 2.75) is 63.4 Å². The van der Waals surface area contributed by atoms with Crippen LogP contribution < -0.4 is 11.1 Å². The predicted molar refractivity (Wildman–Crippen MR) is 154 cm³/mol. The standard InChI is InChI=1S/C31H36N4O7/c1-30(2,3)42-29(38)35-17-26(39-19-31(18-35)12-5-13-40-31)27(36)33-23(16-32)14-20-6-8-21(9-7-20)22-10-11-25-24(15-22)34(4)28(37)41-25/h6-11,15,23,26H,5,12-14,17-19H2,1-4H3,(H,33,36)/t23-,26-,31?/m0/s1. The number of nitrogens with zero attached hydrogens (tertiary/aromatic N) is 3. The lowest BCUT2D eigenvalue weighted by molar-refractivity contribution is -0.136. The lowest BCUT2D eigenvalue weighted by atomic mass is 10.0. The van der Waals surface area contributed by atoms with Crippen LogP contribution in [0.1, 0.15) is 39.2 Å². The maximum atomic E-state index is 13.3. The molecule has 5 rings (SSSR count). The van der Waals surface area contributed by atoms with E-state index in [1.54, 1.807) is 33.9 Å². The van der Waals surface area contributed by atoms with Gasteiger partial charge in [-0.05, 0) is 62.4 Å². The molecule has 222 valence electrons. The number of aryl methyl sites for hydroxylation is 1. The number of hydrogen-bond donors (Lipinski definition) is 1. The van der Waals surface area contributed by atoms with Crippen LogP contribution in [0, 0.1) is 11.3 Å². The summed E-state index contributed by atoms with van der Waals surface area (Å²) in [7, 11) is 1.66. The first-order valence-corrected chi connectivity index (χ1v) is 14.1. The highest BCUT2D eigenvalue weighted by molar-refractivity contribution is 5.83. The zero-order valence-electron chi connectivity index (χ0n) is 24.3. The summed E-state index contributed by atoms with van der Waals surface area (Å²) in [5.74, 6) is -0.888. The molecule has 1 spiro atoms. The Balaban J connectivity index is 1.25. The van der Waals surface area contributed by atoms with Crippen molar-refractivity contribution in [3.05, 3.63) is 58.6 Å². The molecule has 0 aliphatic carbocycles. The van der Waals surface area contributed by atoms with Gasteiger partial charge in [-0.2, -0.15) is 5.26 Å². The fraction of sp³-hybridized carbons (Fsp3) is 0.484.